The summed E-state index contributed by atoms with van der Waals surface area (Å²) in [4.78, 5) is 26.4. The molecule has 0 bridgehead atoms. The molecule has 0 aromatic carbocycles. The van der Waals surface area contributed by atoms with Crippen molar-refractivity contribution in [1.82, 2.24) is 9.80 Å². The maximum atomic E-state index is 11.4. The van der Waals surface area contributed by atoms with Crippen LogP contribution in [0.5, 0.6) is 0 Å². The third kappa shape index (κ3) is 2.95. The highest BCUT2D eigenvalue weighted by Crippen LogP contribution is 2.13. The largest absolute Gasteiger partial charge is 0.368 e. The number of rotatable bonds is 3. The van der Waals surface area contributed by atoms with Crippen LogP contribution < -0.4 is 5.73 Å². The number of piperazine rings is 1. The Morgan fingerprint density at radius 3 is 1.94 bits per heavy atom. The van der Waals surface area contributed by atoms with Crippen molar-refractivity contribution >= 4 is 11.8 Å². The van der Waals surface area contributed by atoms with Crippen molar-refractivity contribution in [2.24, 2.45) is 11.7 Å². The SMILES string of the molecule is CC(=O)N1CCN(C(C(N)=O)C(C)C)CC1. The zero-order valence-corrected chi connectivity index (χ0v) is 10.3. The molecule has 1 unspecified atom stereocenters. The molecule has 1 rings (SSSR count). The molecule has 0 saturated carbocycles. The van der Waals surface area contributed by atoms with E-state index in [1.165, 1.54) is 0 Å². The first kappa shape index (κ1) is 13.0. The van der Waals surface area contributed by atoms with Crippen molar-refractivity contribution in [3.8, 4) is 0 Å². The fraction of sp³-hybridized carbons (Fsp3) is 0.818. The van der Waals surface area contributed by atoms with Gasteiger partial charge >= 0.3 is 0 Å². The Balaban J connectivity index is 2.57. The second-order valence-corrected chi connectivity index (χ2v) is 4.63. The predicted molar refractivity (Wildman–Crippen MR) is 61.6 cm³/mol. The van der Waals surface area contributed by atoms with E-state index in [1.54, 1.807) is 11.8 Å². The van der Waals surface area contributed by atoms with Crippen LogP contribution in [-0.2, 0) is 9.59 Å². The van der Waals surface area contributed by atoms with Gasteiger partial charge in [0.15, 0.2) is 0 Å². The summed E-state index contributed by atoms with van der Waals surface area (Å²) in [6, 6.07) is -0.214. The minimum atomic E-state index is -0.272. The van der Waals surface area contributed by atoms with Crippen LogP contribution in [-0.4, -0.2) is 53.8 Å². The highest BCUT2D eigenvalue weighted by Gasteiger charge is 2.30. The Morgan fingerprint density at radius 1 is 1.12 bits per heavy atom. The first-order chi connectivity index (χ1) is 7.43. The van der Waals surface area contributed by atoms with Crippen molar-refractivity contribution in [1.29, 1.82) is 0 Å². The van der Waals surface area contributed by atoms with E-state index in [0.717, 1.165) is 13.1 Å². The Labute approximate surface area is 96.6 Å². The zero-order chi connectivity index (χ0) is 12.3. The van der Waals surface area contributed by atoms with E-state index in [4.69, 9.17) is 5.73 Å². The molecule has 5 heteroatoms. The van der Waals surface area contributed by atoms with Crippen LogP contribution in [0.1, 0.15) is 20.8 Å². The molecule has 1 heterocycles. The number of carbonyl (C=O) groups excluding carboxylic acids is 2. The number of hydrogen-bond donors (Lipinski definition) is 1. The molecule has 2 N–H and O–H groups in total. The lowest BCUT2D eigenvalue weighted by Gasteiger charge is -2.39. The Bertz CT molecular complexity index is 270. The summed E-state index contributed by atoms with van der Waals surface area (Å²) in [5, 5.41) is 0. The fourth-order valence-electron chi connectivity index (χ4n) is 2.25. The molecule has 0 radical (unpaired) electrons. The van der Waals surface area contributed by atoms with Gasteiger partial charge in [-0.05, 0) is 5.92 Å². The smallest absolute Gasteiger partial charge is 0.235 e. The molecule has 1 fully saturated rings. The van der Waals surface area contributed by atoms with Crippen molar-refractivity contribution in [3.63, 3.8) is 0 Å². The van der Waals surface area contributed by atoms with E-state index in [9.17, 15) is 9.59 Å². The number of nitrogens with two attached hydrogens (primary N) is 1. The maximum absolute atomic E-state index is 11.4. The van der Waals surface area contributed by atoms with E-state index >= 15 is 0 Å². The van der Waals surface area contributed by atoms with Gasteiger partial charge in [0.25, 0.3) is 0 Å². The minimum absolute atomic E-state index is 0.0971. The van der Waals surface area contributed by atoms with Gasteiger partial charge < -0.3 is 10.6 Å². The van der Waals surface area contributed by atoms with Crippen molar-refractivity contribution in [2.75, 3.05) is 26.2 Å². The number of carbonyl (C=O) groups is 2. The molecule has 92 valence electrons. The molecule has 1 aliphatic heterocycles. The summed E-state index contributed by atoms with van der Waals surface area (Å²) >= 11 is 0. The molecular weight excluding hydrogens is 206 g/mol. The molecule has 1 aliphatic rings. The number of primary amides is 1. The molecule has 0 spiro atoms. The molecule has 0 aromatic rings. The molecule has 0 aromatic heterocycles. The summed E-state index contributed by atoms with van der Waals surface area (Å²) in [5.41, 5.74) is 5.40. The van der Waals surface area contributed by atoms with E-state index in [0.29, 0.717) is 13.1 Å². The van der Waals surface area contributed by atoms with Gasteiger partial charge in [0.2, 0.25) is 11.8 Å². The van der Waals surface area contributed by atoms with E-state index in [2.05, 4.69) is 4.90 Å². The minimum Gasteiger partial charge on any atom is -0.368 e. The molecular formula is C11H21N3O2. The molecule has 2 amide bonds. The Hall–Kier alpha value is -1.10. The highest BCUT2D eigenvalue weighted by molar-refractivity contribution is 5.80. The van der Waals surface area contributed by atoms with Crippen LogP contribution in [0.2, 0.25) is 0 Å². The van der Waals surface area contributed by atoms with Crippen LogP contribution in [0.4, 0.5) is 0 Å². The lowest BCUT2D eigenvalue weighted by atomic mass is 10.0. The molecule has 16 heavy (non-hydrogen) atoms. The van der Waals surface area contributed by atoms with Gasteiger partial charge in [0, 0.05) is 33.1 Å². The monoisotopic (exact) mass is 227 g/mol. The van der Waals surface area contributed by atoms with Crippen molar-refractivity contribution in [2.45, 2.75) is 26.8 Å². The normalized spacial score (nSPS) is 19.9. The lowest BCUT2D eigenvalue weighted by Crippen LogP contribution is -2.56. The van der Waals surface area contributed by atoms with Crippen LogP contribution in [0.15, 0.2) is 0 Å². The van der Waals surface area contributed by atoms with Gasteiger partial charge in [0.1, 0.15) is 0 Å². The lowest BCUT2D eigenvalue weighted by molar-refractivity contribution is -0.132. The average Bonchev–Trinajstić information content (AvgIpc) is 2.17. The summed E-state index contributed by atoms with van der Waals surface area (Å²) in [5.74, 6) is 0.0347. The molecule has 1 saturated heterocycles. The molecule has 5 nitrogen and oxygen atoms in total. The maximum Gasteiger partial charge on any atom is 0.235 e. The van der Waals surface area contributed by atoms with Crippen LogP contribution >= 0.6 is 0 Å². The topological polar surface area (TPSA) is 66.6 Å². The third-order valence-electron chi connectivity index (χ3n) is 3.08. The molecule has 0 aliphatic carbocycles. The quantitative estimate of drug-likeness (QED) is 0.717. The van der Waals surface area contributed by atoms with Gasteiger partial charge in [-0.1, -0.05) is 13.8 Å². The first-order valence-corrected chi connectivity index (χ1v) is 5.72. The van der Waals surface area contributed by atoms with E-state index in [-0.39, 0.29) is 23.8 Å². The Kier molecular flexibility index (Phi) is 4.29. The fourth-order valence-corrected chi connectivity index (χ4v) is 2.25. The van der Waals surface area contributed by atoms with Crippen LogP contribution in [0.25, 0.3) is 0 Å². The highest BCUT2D eigenvalue weighted by atomic mass is 16.2. The van der Waals surface area contributed by atoms with Crippen molar-refractivity contribution in [3.05, 3.63) is 0 Å². The summed E-state index contributed by atoms with van der Waals surface area (Å²) in [6.45, 7) is 8.39. The van der Waals surface area contributed by atoms with Crippen molar-refractivity contribution < 1.29 is 9.59 Å². The van der Waals surface area contributed by atoms with Gasteiger partial charge in [-0.25, -0.2) is 0 Å². The zero-order valence-electron chi connectivity index (χ0n) is 10.3. The van der Waals surface area contributed by atoms with Crippen LogP contribution in [0.3, 0.4) is 0 Å². The van der Waals surface area contributed by atoms with E-state index < -0.39 is 0 Å². The van der Waals surface area contributed by atoms with Gasteiger partial charge in [-0.15, -0.1) is 0 Å². The number of nitrogens with zero attached hydrogens (tertiary/aromatic N) is 2. The summed E-state index contributed by atoms with van der Waals surface area (Å²) in [6.07, 6.45) is 0. The Morgan fingerprint density at radius 2 is 1.62 bits per heavy atom. The van der Waals surface area contributed by atoms with E-state index in [1.807, 2.05) is 13.8 Å². The van der Waals surface area contributed by atoms with Crippen LogP contribution in [0, 0.1) is 5.92 Å². The summed E-state index contributed by atoms with van der Waals surface area (Å²) < 4.78 is 0. The molecule has 1 atom stereocenters. The number of hydrogen-bond acceptors (Lipinski definition) is 3. The van der Waals surface area contributed by atoms with Gasteiger partial charge in [-0.2, -0.15) is 0 Å². The summed E-state index contributed by atoms with van der Waals surface area (Å²) in [7, 11) is 0. The second-order valence-electron chi connectivity index (χ2n) is 4.63. The standard InChI is InChI=1S/C11H21N3O2/c1-8(2)10(11(12)16)14-6-4-13(5-7-14)9(3)15/h8,10H,4-7H2,1-3H3,(H2,12,16). The first-order valence-electron chi connectivity index (χ1n) is 5.72. The third-order valence-corrected chi connectivity index (χ3v) is 3.08. The van der Waals surface area contributed by atoms with Gasteiger partial charge in [-0.3, -0.25) is 14.5 Å². The second kappa shape index (κ2) is 5.30. The number of amides is 2. The average molecular weight is 227 g/mol. The van der Waals surface area contributed by atoms with Gasteiger partial charge in [0.05, 0.1) is 6.04 Å². The predicted octanol–water partition coefficient (Wildman–Crippen LogP) is -0.340.